The van der Waals surface area contributed by atoms with Gasteiger partial charge in [0.15, 0.2) is 15.7 Å². The summed E-state index contributed by atoms with van der Waals surface area (Å²) in [6, 6.07) is 11.6. The monoisotopic (exact) mass is 383 g/mol. The highest BCUT2D eigenvalue weighted by atomic mass is 32.2. The maximum atomic E-state index is 12.1. The highest BCUT2D eigenvalue weighted by Gasteiger charge is 2.11. The van der Waals surface area contributed by atoms with Crippen LogP contribution in [-0.4, -0.2) is 35.5 Å². The number of hydrogen-bond donors (Lipinski definition) is 2. The van der Waals surface area contributed by atoms with Gasteiger partial charge in [0.1, 0.15) is 5.82 Å². The number of aromatic nitrogens is 3. The fourth-order valence-electron chi connectivity index (χ4n) is 2.39. The minimum Gasteiger partial charge on any atom is -0.384 e. The van der Waals surface area contributed by atoms with Gasteiger partial charge in [-0.05, 0) is 36.4 Å². The second kappa shape index (κ2) is 7.50. The van der Waals surface area contributed by atoms with Crippen molar-refractivity contribution in [2.45, 2.75) is 5.75 Å². The van der Waals surface area contributed by atoms with Gasteiger partial charge in [0.05, 0.1) is 17.0 Å². The third-order valence-corrected chi connectivity index (χ3v) is 4.35. The molecule has 0 radical (unpaired) electrons. The number of nitrogen functional groups attached to an aromatic ring is 1. The molecule has 9 heteroatoms. The number of amides is 1. The van der Waals surface area contributed by atoms with Crippen LogP contribution < -0.4 is 11.1 Å². The Labute approximate surface area is 156 Å². The van der Waals surface area contributed by atoms with E-state index in [-0.39, 0.29) is 17.5 Å². The highest BCUT2D eigenvalue weighted by Crippen LogP contribution is 2.20. The molecule has 0 spiro atoms. The standard InChI is InChI=1S/C18H17N5O3S/c1-27(25,26)11-15-9-16(19)23-17(21-15)12-4-6-14(7-5-12)22-18(24)13-3-2-8-20-10-13/h2-10H,11H2,1H3,(H,22,24)(H2,19,21,23). The van der Waals surface area contributed by atoms with Crippen LogP contribution in [0.2, 0.25) is 0 Å². The molecule has 0 saturated heterocycles. The number of anilines is 2. The van der Waals surface area contributed by atoms with E-state index in [4.69, 9.17) is 5.73 Å². The third-order valence-electron chi connectivity index (χ3n) is 3.53. The van der Waals surface area contributed by atoms with Crippen LogP contribution in [-0.2, 0) is 15.6 Å². The number of nitrogens with two attached hydrogens (primary N) is 1. The van der Waals surface area contributed by atoms with E-state index < -0.39 is 9.84 Å². The molecule has 3 N–H and O–H groups in total. The molecule has 0 bridgehead atoms. The summed E-state index contributed by atoms with van der Waals surface area (Å²) in [5.74, 6) is 0.0179. The van der Waals surface area contributed by atoms with E-state index in [1.807, 2.05) is 0 Å². The van der Waals surface area contributed by atoms with Crippen LogP contribution in [0.25, 0.3) is 11.4 Å². The van der Waals surface area contributed by atoms with E-state index in [0.717, 1.165) is 6.26 Å². The lowest BCUT2D eigenvalue weighted by molar-refractivity contribution is 0.102. The van der Waals surface area contributed by atoms with Crippen molar-refractivity contribution in [2.75, 3.05) is 17.3 Å². The summed E-state index contributed by atoms with van der Waals surface area (Å²) in [5.41, 5.74) is 7.78. The smallest absolute Gasteiger partial charge is 0.257 e. The van der Waals surface area contributed by atoms with E-state index in [0.29, 0.717) is 28.3 Å². The quantitative estimate of drug-likeness (QED) is 0.689. The van der Waals surface area contributed by atoms with E-state index in [1.54, 1.807) is 42.6 Å². The van der Waals surface area contributed by atoms with Gasteiger partial charge in [-0.3, -0.25) is 9.78 Å². The van der Waals surface area contributed by atoms with Crippen molar-refractivity contribution in [1.29, 1.82) is 0 Å². The maximum absolute atomic E-state index is 12.1. The lowest BCUT2D eigenvalue weighted by Gasteiger charge is -2.08. The molecule has 0 aliphatic rings. The van der Waals surface area contributed by atoms with Crippen LogP contribution in [0, 0.1) is 0 Å². The van der Waals surface area contributed by atoms with E-state index in [1.165, 1.54) is 12.3 Å². The molecule has 8 nitrogen and oxygen atoms in total. The molecule has 138 valence electrons. The molecule has 27 heavy (non-hydrogen) atoms. The molecule has 3 rings (SSSR count). The van der Waals surface area contributed by atoms with Crippen LogP contribution in [0.5, 0.6) is 0 Å². The van der Waals surface area contributed by atoms with Crippen molar-refractivity contribution in [3.05, 3.63) is 66.1 Å². The highest BCUT2D eigenvalue weighted by molar-refractivity contribution is 7.89. The molecule has 2 heterocycles. The van der Waals surface area contributed by atoms with E-state index in [9.17, 15) is 13.2 Å². The number of carbonyl (C=O) groups excluding carboxylic acids is 1. The molecule has 0 unspecified atom stereocenters. The van der Waals surface area contributed by atoms with Crippen molar-refractivity contribution < 1.29 is 13.2 Å². The third kappa shape index (κ3) is 5.08. The largest absolute Gasteiger partial charge is 0.384 e. The predicted octanol–water partition coefficient (Wildman–Crippen LogP) is 1.92. The van der Waals surface area contributed by atoms with Crippen molar-refractivity contribution in [2.24, 2.45) is 0 Å². The molecule has 0 aliphatic carbocycles. The SMILES string of the molecule is CS(=O)(=O)Cc1cc(N)nc(-c2ccc(NC(=O)c3cccnc3)cc2)n1. The zero-order chi connectivity index (χ0) is 19.4. The molecule has 1 amide bonds. The van der Waals surface area contributed by atoms with Crippen molar-refractivity contribution >= 4 is 27.2 Å². The Balaban J connectivity index is 1.80. The second-order valence-electron chi connectivity index (χ2n) is 5.95. The molecular weight excluding hydrogens is 366 g/mol. The Bertz CT molecular complexity index is 1070. The number of nitrogens with zero attached hydrogens (tertiary/aromatic N) is 3. The normalized spacial score (nSPS) is 11.1. The summed E-state index contributed by atoms with van der Waals surface area (Å²) >= 11 is 0. The van der Waals surface area contributed by atoms with Gasteiger partial charge in [0, 0.05) is 36.0 Å². The summed E-state index contributed by atoms with van der Waals surface area (Å²) in [7, 11) is -3.24. The van der Waals surface area contributed by atoms with Gasteiger partial charge >= 0.3 is 0 Å². The Kier molecular flexibility index (Phi) is 5.13. The Morgan fingerprint density at radius 3 is 2.52 bits per heavy atom. The molecule has 0 fully saturated rings. The number of nitrogens with one attached hydrogen (secondary N) is 1. The Morgan fingerprint density at radius 2 is 1.89 bits per heavy atom. The minimum absolute atomic E-state index is 0.188. The number of sulfone groups is 1. The maximum Gasteiger partial charge on any atom is 0.257 e. The first-order valence-electron chi connectivity index (χ1n) is 7.93. The Morgan fingerprint density at radius 1 is 1.15 bits per heavy atom. The van der Waals surface area contributed by atoms with Crippen molar-refractivity contribution in [3.8, 4) is 11.4 Å². The van der Waals surface area contributed by atoms with Gasteiger partial charge in [-0.2, -0.15) is 0 Å². The molecular formula is C18H17N5O3S. The molecule has 2 aromatic heterocycles. The van der Waals surface area contributed by atoms with Crippen LogP contribution in [0.3, 0.4) is 0 Å². The molecule has 0 saturated carbocycles. The van der Waals surface area contributed by atoms with Gasteiger partial charge in [-0.1, -0.05) is 0 Å². The van der Waals surface area contributed by atoms with Crippen LogP contribution >= 0.6 is 0 Å². The molecule has 0 aliphatic heterocycles. The van der Waals surface area contributed by atoms with E-state index >= 15 is 0 Å². The summed E-state index contributed by atoms with van der Waals surface area (Å²) in [5, 5.41) is 2.77. The van der Waals surface area contributed by atoms with Crippen LogP contribution in [0.15, 0.2) is 54.9 Å². The molecule has 3 aromatic rings. The van der Waals surface area contributed by atoms with Gasteiger partial charge in [0.2, 0.25) is 0 Å². The first kappa shape index (κ1) is 18.5. The summed E-state index contributed by atoms with van der Waals surface area (Å²) in [6.07, 6.45) is 4.20. The number of pyridine rings is 1. The summed E-state index contributed by atoms with van der Waals surface area (Å²) in [6.45, 7) is 0. The lowest BCUT2D eigenvalue weighted by Crippen LogP contribution is -2.11. The van der Waals surface area contributed by atoms with E-state index in [2.05, 4.69) is 20.3 Å². The number of hydrogen-bond acceptors (Lipinski definition) is 7. The molecule has 0 atom stereocenters. The summed E-state index contributed by atoms with van der Waals surface area (Å²) < 4.78 is 23.0. The van der Waals surface area contributed by atoms with Crippen molar-refractivity contribution in [3.63, 3.8) is 0 Å². The van der Waals surface area contributed by atoms with Crippen LogP contribution in [0.4, 0.5) is 11.5 Å². The fourth-order valence-corrected chi connectivity index (χ4v) is 3.08. The van der Waals surface area contributed by atoms with Gasteiger partial charge in [-0.25, -0.2) is 18.4 Å². The van der Waals surface area contributed by atoms with Crippen molar-refractivity contribution in [1.82, 2.24) is 15.0 Å². The first-order valence-corrected chi connectivity index (χ1v) is 9.99. The zero-order valence-corrected chi connectivity index (χ0v) is 15.3. The fraction of sp³-hybridized carbons (Fsp3) is 0.111. The van der Waals surface area contributed by atoms with Gasteiger partial charge in [-0.15, -0.1) is 0 Å². The van der Waals surface area contributed by atoms with Crippen LogP contribution in [0.1, 0.15) is 16.1 Å². The molecule has 1 aromatic carbocycles. The number of carbonyl (C=O) groups is 1. The predicted molar refractivity (Wildman–Crippen MR) is 103 cm³/mol. The zero-order valence-electron chi connectivity index (χ0n) is 14.5. The summed E-state index contributed by atoms with van der Waals surface area (Å²) in [4.78, 5) is 24.5. The van der Waals surface area contributed by atoms with Gasteiger partial charge in [0.25, 0.3) is 5.91 Å². The number of rotatable bonds is 5. The topological polar surface area (TPSA) is 128 Å². The first-order chi connectivity index (χ1) is 12.8. The average Bonchev–Trinajstić information content (AvgIpc) is 2.61. The number of benzene rings is 1. The van der Waals surface area contributed by atoms with Gasteiger partial charge < -0.3 is 11.1 Å². The lowest BCUT2D eigenvalue weighted by atomic mass is 10.2. The Hall–Kier alpha value is -3.33. The minimum atomic E-state index is -3.24. The second-order valence-corrected chi connectivity index (χ2v) is 8.09. The average molecular weight is 383 g/mol.